The number of nitrogens with two attached hydrogens (primary N) is 1. The average Bonchev–Trinajstić information content (AvgIpc) is 2.98. The van der Waals surface area contributed by atoms with Crippen LogP contribution in [0.5, 0.6) is 0 Å². The molecule has 0 saturated heterocycles. The van der Waals surface area contributed by atoms with E-state index in [1.54, 1.807) is 24.3 Å². The summed E-state index contributed by atoms with van der Waals surface area (Å²) in [6, 6.07) is 16.7. The SMILES string of the molecule is Cl.N=C(N)c1ccc(-c2nnc(-c3ccccc3)o2)cc1. The van der Waals surface area contributed by atoms with E-state index in [9.17, 15) is 0 Å². The summed E-state index contributed by atoms with van der Waals surface area (Å²) < 4.78 is 5.65. The van der Waals surface area contributed by atoms with Gasteiger partial charge in [0.25, 0.3) is 0 Å². The first-order valence-electron chi connectivity index (χ1n) is 6.08. The van der Waals surface area contributed by atoms with Crippen LogP contribution in [0.4, 0.5) is 0 Å². The number of aromatic nitrogens is 2. The molecule has 0 amide bonds. The first kappa shape index (κ1) is 14.7. The molecule has 0 radical (unpaired) electrons. The summed E-state index contributed by atoms with van der Waals surface area (Å²) in [7, 11) is 0. The highest BCUT2D eigenvalue weighted by molar-refractivity contribution is 5.95. The third-order valence-electron chi connectivity index (χ3n) is 2.89. The van der Waals surface area contributed by atoms with Crippen molar-refractivity contribution in [2.24, 2.45) is 5.73 Å². The summed E-state index contributed by atoms with van der Waals surface area (Å²) in [6.45, 7) is 0. The van der Waals surface area contributed by atoms with Crippen LogP contribution in [0.3, 0.4) is 0 Å². The van der Waals surface area contributed by atoms with Gasteiger partial charge in [0, 0.05) is 16.7 Å². The Morgan fingerprint density at radius 1 is 0.857 bits per heavy atom. The quantitative estimate of drug-likeness (QED) is 0.574. The molecule has 0 fully saturated rings. The number of nitrogens with zero attached hydrogens (tertiary/aromatic N) is 2. The molecule has 21 heavy (non-hydrogen) atoms. The lowest BCUT2D eigenvalue weighted by Gasteiger charge is -1.98. The molecule has 0 aliphatic carbocycles. The van der Waals surface area contributed by atoms with Crippen molar-refractivity contribution in [1.82, 2.24) is 10.2 Å². The van der Waals surface area contributed by atoms with Crippen molar-refractivity contribution < 1.29 is 4.42 Å². The van der Waals surface area contributed by atoms with Crippen molar-refractivity contribution in [3.63, 3.8) is 0 Å². The molecule has 1 aromatic heterocycles. The minimum absolute atomic E-state index is 0. The zero-order valence-corrected chi connectivity index (χ0v) is 11.8. The second-order valence-electron chi connectivity index (χ2n) is 4.27. The molecule has 3 N–H and O–H groups in total. The van der Waals surface area contributed by atoms with Crippen LogP contribution in [0.15, 0.2) is 59.0 Å². The molecule has 3 aromatic rings. The fourth-order valence-electron chi connectivity index (χ4n) is 1.83. The molecule has 0 aliphatic heterocycles. The molecule has 0 aliphatic rings. The molecule has 0 atom stereocenters. The molecule has 0 bridgehead atoms. The maximum atomic E-state index is 7.35. The molecule has 106 valence electrons. The van der Waals surface area contributed by atoms with Gasteiger partial charge in [0.05, 0.1) is 0 Å². The highest BCUT2D eigenvalue weighted by Gasteiger charge is 2.10. The first-order valence-corrected chi connectivity index (χ1v) is 6.08. The van der Waals surface area contributed by atoms with E-state index in [-0.39, 0.29) is 18.2 Å². The average molecular weight is 301 g/mol. The molecular weight excluding hydrogens is 288 g/mol. The largest absolute Gasteiger partial charge is 0.416 e. The minimum Gasteiger partial charge on any atom is -0.416 e. The second kappa shape index (κ2) is 6.19. The lowest BCUT2D eigenvalue weighted by atomic mass is 10.1. The molecule has 0 spiro atoms. The van der Waals surface area contributed by atoms with E-state index >= 15 is 0 Å². The fourth-order valence-corrected chi connectivity index (χ4v) is 1.83. The predicted molar refractivity (Wildman–Crippen MR) is 83.4 cm³/mol. The molecular formula is C15H13ClN4O. The molecule has 5 nitrogen and oxygen atoms in total. The summed E-state index contributed by atoms with van der Waals surface area (Å²) in [5, 5.41) is 15.4. The van der Waals surface area contributed by atoms with Gasteiger partial charge in [0.1, 0.15) is 5.84 Å². The maximum Gasteiger partial charge on any atom is 0.248 e. The maximum absolute atomic E-state index is 7.35. The first-order chi connectivity index (χ1) is 9.74. The van der Waals surface area contributed by atoms with Gasteiger partial charge in [-0.1, -0.05) is 30.3 Å². The Labute approximate surface area is 127 Å². The van der Waals surface area contributed by atoms with Crippen LogP contribution < -0.4 is 5.73 Å². The van der Waals surface area contributed by atoms with Gasteiger partial charge in [0.2, 0.25) is 11.8 Å². The van der Waals surface area contributed by atoms with Crippen LogP contribution >= 0.6 is 12.4 Å². The van der Waals surface area contributed by atoms with E-state index in [1.807, 2.05) is 30.3 Å². The van der Waals surface area contributed by atoms with E-state index in [4.69, 9.17) is 15.6 Å². The zero-order chi connectivity index (χ0) is 13.9. The summed E-state index contributed by atoms with van der Waals surface area (Å²) >= 11 is 0. The van der Waals surface area contributed by atoms with Crippen molar-refractivity contribution >= 4 is 18.2 Å². The Morgan fingerprint density at radius 2 is 1.38 bits per heavy atom. The van der Waals surface area contributed by atoms with E-state index in [1.165, 1.54) is 0 Å². The lowest BCUT2D eigenvalue weighted by Crippen LogP contribution is -2.10. The number of nitrogens with one attached hydrogen (secondary N) is 1. The molecule has 2 aromatic carbocycles. The van der Waals surface area contributed by atoms with Crippen LogP contribution in [-0.4, -0.2) is 16.0 Å². The highest BCUT2D eigenvalue weighted by atomic mass is 35.5. The Morgan fingerprint density at radius 3 is 1.90 bits per heavy atom. The van der Waals surface area contributed by atoms with E-state index in [0.29, 0.717) is 17.3 Å². The monoisotopic (exact) mass is 300 g/mol. The Bertz CT molecular complexity index is 738. The number of hydrogen-bond acceptors (Lipinski definition) is 4. The van der Waals surface area contributed by atoms with Crippen molar-refractivity contribution in [2.75, 3.05) is 0 Å². The highest BCUT2D eigenvalue weighted by Crippen LogP contribution is 2.23. The van der Waals surface area contributed by atoms with E-state index in [0.717, 1.165) is 11.1 Å². The Balaban J connectivity index is 0.00000161. The molecule has 3 rings (SSSR count). The number of hydrogen-bond donors (Lipinski definition) is 2. The summed E-state index contributed by atoms with van der Waals surface area (Å²) in [6.07, 6.45) is 0. The van der Waals surface area contributed by atoms with Crippen molar-refractivity contribution in [1.29, 1.82) is 5.41 Å². The van der Waals surface area contributed by atoms with Crippen molar-refractivity contribution in [3.8, 4) is 22.9 Å². The van der Waals surface area contributed by atoms with Crippen LogP contribution in [0.1, 0.15) is 5.56 Å². The number of amidine groups is 1. The number of nitrogen functional groups attached to an aromatic ring is 1. The predicted octanol–water partition coefficient (Wildman–Crippen LogP) is 3.11. The minimum atomic E-state index is 0. The molecule has 1 heterocycles. The topological polar surface area (TPSA) is 88.8 Å². The van der Waals surface area contributed by atoms with Gasteiger partial charge in [-0.3, -0.25) is 5.41 Å². The fraction of sp³-hybridized carbons (Fsp3) is 0. The van der Waals surface area contributed by atoms with Gasteiger partial charge in [-0.15, -0.1) is 22.6 Å². The van der Waals surface area contributed by atoms with E-state index in [2.05, 4.69) is 10.2 Å². The van der Waals surface area contributed by atoms with Gasteiger partial charge in [-0.2, -0.15) is 0 Å². The number of benzene rings is 2. The Hall–Kier alpha value is -2.66. The van der Waals surface area contributed by atoms with Crippen LogP contribution in [-0.2, 0) is 0 Å². The normalized spacial score (nSPS) is 9.90. The molecule has 0 saturated carbocycles. The van der Waals surface area contributed by atoms with Crippen molar-refractivity contribution in [3.05, 3.63) is 60.2 Å². The van der Waals surface area contributed by atoms with Crippen LogP contribution in [0, 0.1) is 5.41 Å². The Kier molecular flexibility index (Phi) is 4.35. The third kappa shape index (κ3) is 3.09. The van der Waals surface area contributed by atoms with Crippen molar-refractivity contribution in [2.45, 2.75) is 0 Å². The van der Waals surface area contributed by atoms with Crippen LogP contribution in [0.2, 0.25) is 0 Å². The molecule has 0 unspecified atom stereocenters. The van der Waals surface area contributed by atoms with Gasteiger partial charge in [0.15, 0.2) is 0 Å². The third-order valence-corrected chi connectivity index (χ3v) is 2.89. The van der Waals surface area contributed by atoms with Gasteiger partial charge in [-0.25, -0.2) is 0 Å². The standard InChI is InChI=1S/C15H12N4O.ClH/c16-13(17)10-6-8-12(9-7-10)15-19-18-14(20-15)11-4-2-1-3-5-11;/h1-9H,(H3,16,17);1H. The number of halogens is 1. The van der Waals surface area contributed by atoms with Crippen LogP contribution in [0.25, 0.3) is 22.9 Å². The summed E-state index contributed by atoms with van der Waals surface area (Å²) in [5.74, 6) is 0.960. The lowest BCUT2D eigenvalue weighted by molar-refractivity contribution is 0.584. The smallest absolute Gasteiger partial charge is 0.248 e. The molecule has 6 heteroatoms. The van der Waals surface area contributed by atoms with Gasteiger partial charge in [-0.05, 0) is 24.3 Å². The zero-order valence-electron chi connectivity index (χ0n) is 11.0. The number of rotatable bonds is 3. The summed E-state index contributed by atoms with van der Waals surface area (Å²) in [5.41, 5.74) is 7.76. The van der Waals surface area contributed by atoms with Gasteiger partial charge >= 0.3 is 0 Å². The second-order valence-corrected chi connectivity index (χ2v) is 4.27. The summed E-state index contributed by atoms with van der Waals surface area (Å²) in [4.78, 5) is 0. The van der Waals surface area contributed by atoms with Gasteiger partial charge < -0.3 is 10.2 Å². The van der Waals surface area contributed by atoms with E-state index < -0.39 is 0 Å².